The number of carbonyl (C=O) groups excluding carboxylic acids is 1. The first-order valence-electron chi connectivity index (χ1n) is 8.28. The lowest BCUT2D eigenvalue weighted by atomic mass is 10.2. The number of nitrogens with one attached hydrogen (secondary N) is 1. The molecule has 6 heteroatoms. The Morgan fingerprint density at radius 1 is 0.889 bits per heavy atom. The molecule has 3 rings (SSSR count). The molecule has 0 aliphatic rings. The highest BCUT2D eigenvalue weighted by Gasteiger charge is 2.13. The van der Waals surface area contributed by atoms with E-state index in [9.17, 15) is 4.79 Å². The normalized spacial score (nSPS) is 10.7. The maximum absolute atomic E-state index is 12.7. The zero-order chi connectivity index (χ0) is 19.1. The molecule has 0 radical (unpaired) electrons. The van der Waals surface area contributed by atoms with Crippen molar-refractivity contribution in [2.75, 3.05) is 5.32 Å². The summed E-state index contributed by atoms with van der Waals surface area (Å²) in [5, 5.41) is 9.82. The van der Waals surface area contributed by atoms with Gasteiger partial charge in [0.05, 0.1) is 12.8 Å². The molecule has 0 bridgehead atoms. The summed E-state index contributed by atoms with van der Waals surface area (Å²) in [7, 11) is 0. The summed E-state index contributed by atoms with van der Waals surface area (Å²) in [5.41, 5.74) is 2.46. The first-order valence-corrected chi connectivity index (χ1v) is 9.03. The van der Waals surface area contributed by atoms with Crippen molar-refractivity contribution in [3.8, 4) is 0 Å². The largest absolute Gasteiger partial charge is 0.342 e. The fraction of sp³-hybridized carbons (Fsp3) is 0.0476. The fourth-order valence-corrected chi connectivity index (χ4v) is 2.58. The van der Waals surface area contributed by atoms with Gasteiger partial charge in [0.1, 0.15) is 0 Å². The summed E-state index contributed by atoms with van der Waals surface area (Å²) in [4.78, 5) is 12.7. The van der Waals surface area contributed by atoms with Gasteiger partial charge in [-0.2, -0.15) is 5.10 Å². The Morgan fingerprint density at radius 3 is 2.11 bits per heavy atom. The second kappa shape index (κ2) is 9.21. The van der Waals surface area contributed by atoms with Crippen molar-refractivity contribution >= 4 is 41.1 Å². The van der Waals surface area contributed by atoms with Gasteiger partial charge >= 0.3 is 6.03 Å². The molecule has 0 atom stereocenters. The van der Waals surface area contributed by atoms with E-state index in [1.54, 1.807) is 42.6 Å². The lowest BCUT2D eigenvalue weighted by Gasteiger charge is -2.18. The van der Waals surface area contributed by atoms with E-state index in [0.29, 0.717) is 22.3 Å². The van der Waals surface area contributed by atoms with Crippen molar-refractivity contribution in [2.24, 2.45) is 5.10 Å². The third kappa shape index (κ3) is 5.84. The molecule has 1 N–H and O–H groups in total. The van der Waals surface area contributed by atoms with Crippen LogP contribution in [-0.2, 0) is 6.54 Å². The quantitative estimate of drug-likeness (QED) is 0.412. The van der Waals surface area contributed by atoms with Crippen LogP contribution in [0.4, 0.5) is 10.5 Å². The highest BCUT2D eigenvalue weighted by atomic mass is 35.5. The summed E-state index contributed by atoms with van der Waals surface area (Å²) in [6.07, 6.45) is 1.63. The second-order valence-electron chi connectivity index (χ2n) is 5.78. The van der Waals surface area contributed by atoms with Crippen LogP contribution in [-0.4, -0.2) is 17.3 Å². The van der Waals surface area contributed by atoms with Gasteiger partial charge in [-0.15, -0.1) is 0 Å². The number of halogens is 2. The monoisotopic (exact) mass is 397 g/mol. The minimum Gasteiger partial charge on any atom is -0.306 e. The molecule has 0 saturated carbocycles. The molecule has 0 saturated heterocycles. The zero-order valence-electron chi connectivity index (χ0n) is 14.3. The Bertz CT molecular complexity index is 910. The van der Waals surface area contributed by atoms with Gasteiger partial charge in [-0.1, -0.05) is 65.7 Å². The summed E-state index contributed by atoms with van der Waals surface area (Å²) in [6.45, 7) is 0.338. The molecule has 0 spiro atoms. The van der Waals surface area contributed by atoms with Crippen molar-refractivity contribution in [2.45, 2.75) is 6.54 Å². The van der Waals surface area contributed by atoms with Gasteiger partial charge in [0, 0.05) is 15.7 Å². The Labute approximate surface area is 168 Å². The number of nitrogens with zero attached hydrogens (tertiary/aromatic N) is 2. The molecule has 0 fully saturated rings. The zero-order valence-corrected chi connectivity index (χ0v) is 15.9. The van der Waals surface area contributed by atoms with Crippen LogP contribution in [0.2, 0.25) is 10.0 Å². The maximum Gasteiger partial charge on any atom is 0.342 e. The highest BCUT2D eigenvalue weighted by molar-refractivity contribution is 6.30. The number of anilines is 1. The van der Waals surface area contributed by atoms with Crippen molar-refractivity contribution in [1.82, 2.24) is 5.01 Å². The third-order valence-electron chi connectivity index (χ3n) is 3.72. The molecule has 27 heavy (non-hydrogen) atoms. The van der Waals surface area contributed by atoms with E-state index in [1.165, 1.54) is 5.01 Å². The van der Waals surface area contributed by atoms with E-state index in [1.807, 2.05) is 42.5 Å². The van der Waals surface area contributed by atoms with Gasteiger partial charge < -0.3 is 5.32 Å². The second-order valence-corrected chi connectivity index (χ2v) is 6.65. The smallest absolute Gasteiger partial charge is 0.306 e. The van der Waals surface area contributed by atoms with E-state index >= 15 is 0 Å². The van der Waals surface area contributed by atoms with E-state index in [-0.39, 0.29) is 6.03 Å². The SMILES string of the molecule is O=C(Nc1ccc(Cl)cc1)N(Cc1ccccc1)/N=C/c1ccc(Cl)cc1. The molecule has 136 valence electrons. The summed E-state index contributed by atoms with van der Waals surface area (Å²) < 4.78 is 0. The van der Waals surface area contributed by atoms with Crippen LogP contribution < -0.4 is 5.32 Å². The first-order chi connectivity index (χ1) is 13.1. The van der Waals surface area contributed by atoms with E-state index in [2.05, 4.69) is 10.4 Å². The topological polar surface area (TPSA) is 44.7 Å². The van der Waals surface area contributed by atoms with Gasteiger partial charge in [0.2, 0.25) is 0 Å². The number of hydrogen-bond acceptors (Lipinski definition) is 2. The van der Waals surface area contributed by atoms with E-state index in [4.69, 9.17) is 23.2 Å². The first kappa shape index (κ1) is 19.0. The van der Waals surface area contributed by atoms with Crippen LogP contribution in [0.5, 0.6) is 0 Å². The molecule has 0 unspecified atom stereocenters. The summed E-state index contributed by atoms with van der Waals surface area (Å²) in [6, 6.07) is 23.5. The molecule has 3 aromatic rings. The van der Waals surface area contributed by atoms with Crippen molar-refractivity contribution in [3.63, 3.8) is 0 Å². The number of rotatable bonds is 5. The molecule has 4 nitrogen and oxygen atoms in total. The van der Waals surface area contributed by atoms with Crippen molar-refractivity contribution in [1.29, 1.82) is 0 Å². The molecular weight excluding hydrogens is 381 g/mol. The van der Waals surface area contributed by atoms with Crippen LogP contribution in [0.15, 0.2) is 84.0 Å². The predicted octanol–water partition coefficient (Wildman–Crippen LogP) is 6.06. The number of hydrogen-bond donors (Lipinski definition) is 1. The van der Waals surface area contributed by atoms with Gasteiger partial charge in [-0.3, -0.25) is 0 Å². The number of carbonyl (C=O) groups is 1. The fourth-order valence-electron chi connectivity index (χ4n) is 2.33. The average Bonchev–Trinajstić information content (AvgIpc) is 2.69. The minimum atomic E-state index is -0.341. The van der Waals surface area contributed by atoms with Crippen LogP contribution in [0.3, 0.4) is 0 Å². The van der Waals surface area contributed by atoms with Crippen molar-refractivity contribution in [3.05, 3.63) is 100 Å². The van der Waals surface area contributed by atoms with Gasteiger partial charge in [-0.05, 0) is 47.5 Å². The van der Waals surface area contributed by atoms with E-state index < -0.39 is 0 Å². The van der Waals surface area contributed by atoms with E-state index in [0.717, 1.165) is 11.1 Å². The van der Waals surface area contributed by atoms with Crippen LogP contribution in [0, 0.1) is 0 Å². The number of benzene rings is 3. The van der Waals surface area contributed by atoms with Crippen LogP contribution in [0.25, 0.3) is 0 Å². The summed E-state index contributed by atoms with van der Waals surface area (Å²) in [5.74, 6) is 0. The maximum atomic E-state index is 12.7. The molecule has 2 amide bonds. The third-order valence-corrected chi connectivity index (χ3v) is 4.23. The molecule has 0 aliphatic heterocycles. The number of hydrazone groups is 1. The molecule has 0 aliphatic carbocycles. The summed E-state index contributed by atoms with van der Waals surface area (Å²) >= 11 is 11.8. The Kier molecular flexibility index (Phi) is 6.47. The molecule has 0 heterocycles. The lowest BCUT2D eigenvalue weighted by molar-refractivity contribution is 0.212. The average molecular weight is 398 g/mol. The molecular formula is C21H17Cl2N3O. The Balaban J connectivity index is 1.78. The standard InChI is InChI=1S/C21H17Cl2N3O/c22-18-8-6-16(7-9-18)14-24-26(15-17-4-2-1-3-5-17)21(27)25-20-12-10-19(23)11-13-20/h1-14H,15H2,(H,25,27)/b24-14+. The predicted molar refractivity (Wildman–Crippen MR) is 112 cm³/mol. The van der Waals surface area contributed by atoms with Crippen LogP contribution in [0.1, 0.15) is 11.1 Å². The number of urea groups is 1. The van der Waals surface area contributed by atoms with Crippen molar-refractivity contribution < 1.29 is 4.79 Å². The lowest BCUT2D eigenvalue weighted by Crippen LogP contribution is -2.30. The Morgan fingerprint density at radius 2 is 1.48 bits per heavy atom. The van der Waals surface area contributed by atoms with Gasteiger partial charge in [0.25, 0.3) is 0 Å². The van der Waals surface area contributed by atoms with Crippen LogP contribution >= 0.6 is 23.2 Å². The Hall–Kier alpha value is -2.82. The molecule has 3 aromatic carbocycles. The highest BCUT2D eigenvalue weighted by Crippen LogP contribution is 2.15. The van der Waals surface area contributed by atoms with Gasteiger partial charge in [0.15, 0.2) is 0 Å². The van der Waals surface area contributed by atoms with Gasteiger partial charge in [-0.25, -0.2) is 9.80 Å². The molecule has 0 aromatic heterocycles. The minimum absolute atomic E-state index is 0.338. The number of amides is 2.